The highest BCUT2D eigenvalue weighted by molar-refractivity contribution is 5.91. The van der Waals surface area contributed by atoms with Crippen LogP contribution < -0.4 is 5.73 Å². The Kier molecular flexibility index (Phi) is 5.05. The maximum atomic E-state index is 12.4. The van der Waals surface area contributed by atoms with Gasteiger partial charge in [0.15, 0.2) is 0 Å². The maximum absolute atomic E-state index is 12.4. The summed E-state index contributed by atoms with van der Waals surface area (Å²) in [5, 5.41) is 12.2. The van der Waals surface area contributed by atoms with Crippen molar-refractivity contribution in [2.24, 2.45) is 18.7 Å². The Morgan fingerprint density at radius 2 is 2.33 bits per heavy atom. The second-order valence-corrected chi connectivity index (χ2v) is 6.21. The molecule has 8 heteroatoms. The largest absolute Gasteiger partial charge is 0.339 e. The molecule has 0 spiro atoms. The van der Waals surface area contributed by atoms with Crippen molar-refractivity contribution in [2.75, 3.05) is 13.1 Å². The molecule has 128 valence electrons. The standard InChI is InChI=1S/C16H23N7O/c1-21-9-13(8-18-21)4-5-16(24)22-6-2-3-14(10-22)11-23-12-15(7-17)19-20-23/h4-5,8-9,12,14H,2-3,6-7,10-11,17H2,1H3/b5-4+/t14-/m1/s1. The molecule has 1 atom stereocenters. The van der Waals surface area contributed by atoms with Gasteiger partial charge in [0.05, 0.1) is 11.9 Å². The molecule has 8 nitrogen and oxygen atoms in total. The molecule has 1 fully saturated rings. The van der Waals surface area contributed by atoms with Crippen molar-refractivity contribution in [3.8, 4) is 0 Å². The molecule has 0 aliphatic carbocycles. The van der Waals surface area contributed by atoms with Gasteiger partial charge in [-0.1, -0.05) is 5.21 Å². The molecule has 1 amide bonds. The zero-order valence-electron chi connectivity index (χ0n) is 13.9. The summed E-state index contributed by atoms with van der Waals surface area (Å²) in [5.74, 6) is 0.437. The van der Waals surface area contributed by atoms with Crippen molar-refractivity contribution in [3.05, 3.63) is 35.9 Å². The zero-order valence-corrected chi connectivity index (χ0v) is 13.9. The van der Waals surface area contributed by atoms with Crippen molar-refractivity contribution >= 4 is 12.0 Å². The summed E-state index contributed by atoms with van der Waals surface area (Å²) < 4.78 is 3.54. The van der Waals surface area contributed by atoms with E-state index in [1.54, 1.807) is 17.0 Å². The van der Waals surface area contributed by atoms with E-state index in [1.165, 1.54) is 0 Å². The molecule has 24 heavy (non-hydrogen) atoms. The van der Waals surface area contributed by atoms with Gasteiger partial charge in [-0.05, 0) is 24.8 Å². The third-order valence-corrected chi connectivity index (χ3v) is 4.21. The SMILES string of the molecule is Cn1cc(/C=C/C(=O)N2CCC[C@@H](Cn3cc(CN)nn3)C2)cn1. The lowest BCUT2D eigenvalue weighted by Gasteiger charge is -2.32. The fraction of sp³-hybridized carbons (Fsp3) is 0.500. The van der Waals surface area contributed by atoms with Gasteiger partial charge in [0.2, 0.25) is 5.91 Å². The first kappa shape index (κ1) is 16.4. The third kappa shape index (κ3) is 4.08. The predicted octanol–water partition coefficient (Wildman–Crippen LogP) is 0.422. The van der Waals surface area contributed by atoms with Crippen LogP contribution in [0.15, 0.2) is 24.7 Å². The molecule has 2 aromatic heterocycles. The Bertz CT molecular complexity index is 718. The second kappa shape index (κ2) is 7.39. The van der Waals surface area contributed by atoms with Gasteiger partial charge in [-0.2, -0.15) is 5.10 Å². The van der Waals surface area contributed by atoms with Crippen LogP contribution >= 0.6 is 0 Å². The Balaban J connectivity index is 1.56. The third-order valence-electron chi connectivity index (χ3n) is 4.21. The van der Waals surface area contributed by atoms with E-state index in [4.69, 9.17) is 5.73 Å². The van der Waals surface area contributed by atoms with E-state index in [1.807, 2.05) is 35.1 Å². The number of carbonyl (C=O) groups is 1. The molecular formula is C16H23N7O. The number of carbonyl (C=O) groups excluding carboxylic acids is 1. The summed E-state index contributed by atoms with van der Waals surface area (Å²) in [6.07, 6.45) is 11.0. The van der Waals surface area contributed by atoms with E-state index in [2.05, 4.69) is 15.4 Å². The number of aromatic nitrogens is 5. The highest BCUT2D eigenvalue weighted by Gasteiger charge is 2.23. The number of likely N-dealkylation sites (tertiary alicyclic amines) is 1. The minimum Gasteiger partial charge on any atom is -0.339 e. The number of aryl methyl sites for hydroxylation is 1. The van der Waals surface area contributed by atoms with Crippen molar-refractivity contribution in [2.45, 2.75) is 25.9 Å². The molecule has 1 aliphatic rings. The molecular weight excluding hydrogens is 306 g/mol. The Morgan fingerprint density at radius 3 is 3.04 bits per heavy atom. The number of nitrogens with zero attached hydrogens (tertiary/aromatic N) is 6. The van der Waals surface area contributed by atoms with Crippen LogP contribution in [-0.4, -0.2) is 48.7 Å². The monoisotopic (exact) mass is 329 g/mol. The normalized spacial score (nSPS) is 18.4. The second-order valence-electron chi connectivity index (χ2n) is 6.21. The number of amides is 1. The van der Waals surface area contributed by atoms with E-state index < -0.39 is 0 Å². The number of piperidine rings is 1. The fourth-order valence-electron chi connectivity index (χ4n) is 3.00. The first-order chi connectivity index (χ1) is 11.6. The molecule has 0 unspecified atom stereocenters. The summed E-state index contributed by atoms with van der Waals surface area (Å²) in [6, 6.07) is 0. The summed E-state index contributed by atoms with van der Waals surface area (Å²) >= 11 is 0. The van der Waals surface area contributed by atoms with E-state index in [0.717, 1.165) is 43.7 Å². The quantitative estimate of drug-likeness (QED) is 0.802. The van der Waals surface area contributed by atoms with E-state index in [-0.39, 0.29) is 5.91 Å². The number of rotatable bonds is 5. The van der Waals surface area contributed by atoms with Gasteiger partial charge in [0.25, 0.3) is 0 Å². The van der Waals surface area contributed by atoms with Crippen LogP contribution in [0.1, 0.15) is 24.1 Å². The summed E-state index contributed by atoms with van der Waals surface area (Å²) in [7, 11) is 1.86. The van der Waals surface area contributed by atoms with Crippen molar-refractivity contribution < 1.29 is 4.79 Å². The van der Waals surface area contributed by atoms with Crippen LogP contribution in [-0.2, 0) is 24.9 Å². The number of nitrogens with two attached hydrogens (primary N) is 1. The molecule has 1 saturated heterocycles. The minimum absolute atomic E-state index is 0.0461. The highest BCUT2D eigenvalue weighted by Crippen LogP contribution is 2.18. The van der Waals surface area contributed by atoms with E-state index in [9.17, 15) is 4.79 Å². The topological polar surface area (TPSA) is 94.9 Å². The molecule has 1 aliphatic heterocycles. The van der Waals surface area contributed by atoms with Crippen LogP contribution in [0.3, 0.4) is 0 Å². The highest BCUT2D eigenvalue weighted by atomic mass is 16.2. The van der Waals surface area contributed by atoms with Crippen LogP contribution in [0.2, 0.25) is 0 Å². The van der Waals surface area contributed by atoms with Crippen molar-refractivity contribution in [1.29, 1.82) is 0 Å². The predicted molar refractivity (Wildman–Crippen MR) is 89.5 cm³/mol. The lowest BCUT2D eigenvalue weighted by atomic mass is 9.98. The number of hydrogen-bond donors (Lipinski definition) is 1. The average Bonchev–Trinajstić information content (AvgIpc) is 3.21. The lowest BCUT2D eigenvalue weighted by Crippen LogP contribution is -2.40. The summed E-state index contributed by atoms with van der Waals surface area (Å²) in [6.45, 7) is 2.71. The number of hydrogen-bond acceptors (Lipinski definition) is 5. The molecule has 3 rings (SSSR count). The van der Waals surface area contributed by atoms with E-state index in [0.29, 0.717) is 12.5 Å². The molecule has 0 bridgehead atoms. The van der Waals surface area contributed by atoms with Gasteiger partial charge < -0.3 is 10.6 Å². The molecule has 2 N–H and O–H groups in total. The van der Waals surface area contributed by atoms with Gasteiger partial charge in [-0.15, -0.1) is 5.10 Å². The van der Waals surface area contributed by atoms with Gasteiger partial charge in [-0.25, -0.2) is 0 Å². The van der Waals surface area contributed by atoms with Crippen LogP contribution in [0.5, 0.6) is 0 Å². The molecule has 2 aromatic rings. The van der Waals surface area contributed by atoms with Gasteiger partial charge >= 0.3 is 0 Å². The first-order valence-electron chi connectivity index (χ1n) is 8.19. The minimum atomic E-state index is 0.0461. The zero-order chi connectivity index (χ0) is 16.9. The molecule has 3 heterocycles. The van der Waals surface area contributed by atoms with Crippen molar-refractivity contribution in [1.82, 2.24) is 29.7 Å². The van der Waals surface area contributed by atoms with Crippen LogP contribution in [0, 0.1) is 5.92 Å². The van der Waals surface area contributed by atoms with Gasteiger partial charge in [0, 0.05) is 57.3 Å². The fourth-order valence-corrected chi connectivity index (χ4v) is 3.00. The Morgan fingerprint density at radius 1 is 1.46 bits per heavy atom. The maximum Gasteiger partial charge on any atom is 0.246 e. The van der Waals surface area contributed by atoms with Gasteiger partial charge in [-0.3, -0.25) is 14.2 Å². The molecule has 0 saturated carbocycles. The first-order valence-corrected chi connectivity index (χ1v) is 8.19. The van der Waals surface area contributed by atoms with Crippen molar-refractivity contribution in [3.63, 3.8) is 0 Å². The average molecular weight is 329 g/mol. The van der Waals surface area contributed by atoms with Crippen LogP contribution in [0.25, 0.3) is 6.08 Å². The smallest absolute Gasteiger partial charge is 0.246 e. The Labute approximate surface area is 140 Å². The molecule has 0 radical (unpaired) electrons. The van der Waals surface area contributed by atoms with E-state index >= 15 is 0 Å². The summed E-state index contributed by atoms with van der Waals surface area (Å²) in [4.78, 5) is 14.3. The Hall–Kier alpha value is -2.48. The lowest BCUT2D eigenvalue weighted by molar-refractivity contribution is -0.127. The summed E-state index contributed by atoms with van der Waals surface area (Å²) in [5.41, 5.74) is 7.28. The molecule has 0 aromatic carbocycles. The van der Waals surface area contributed by atoms with Crippen LogP contribution in [0.4, 0.5) is 0 Å². The van der Waals surface area contributed by atoms with Gasteiger partial charge in [0.1, 0.15) is 0 Å².